The van der Waals surface area contributed by atoms with Gasteiger partial charge in [-0.3, -0.25) is 0 Å². The molecule has 0 aliphatic rings. The molecule has 0 saturated heterocycles. The van der Waals surface area contributed by atoms with Crippen molar-refractivity contribution in [3.05, 3.63) is 48.2 Å². The minimum absolute atomic E-state index is 0.0302. The number of esters is 1. The fourth-order valence-electron chi connectivity index (χ4n) is 2.85. The Labute approximate surface area is 140 Å². The highest BCUT2D eigenvalue weighted by molar-refractivity contribution is 6.11. The third kappa shape index (κ3) is 2.83. The number of nitrogens with zero attached hydrogens (tertiary/aromatic N) is 1. The Balaban J connectivity index is 2.16. The van der Waals surface area contributed by atoms with Crippen LogP contribution < -0.4 is 4.74 Å². The lowest BCUT2D eigenvalue weighted by Gasteiger charge is -2.14. The standard InChI is InChI=1S/C19H21NO4/c1-3-13(12-21)24-14-8-9-15-17(11-14)20-10-6-5-7-16(20)18(15)19(22)23-4-2/h5-11,13,21H,3-4,12H2,1-2H3. The van der Waals surface area contributed by atoms with E-state index in [2.05, 4.69) is 0 Å². The monoisotopic (exact) mass is 327 g/mol. The highest BCUT2D eigenvalue weighted by Crippen LogP contribution is 2.30. The van der Waals surface area contributed by atoms with E-state index < -0.39 is 0 Å². The number of aliphatic hydroxyl groups excluding tert-OH is 1. The van der Waals surface area contributed by atoms with E-state index in [0.29, 0.717) is 17.9 Å². The number of ether oxygens (including phenoxy) is 2. The summed E-state index contributed by atoms with van der Waals surface area (Å²) in [5.74, 6) is 0.341. The summed E-state index contributed by atoms with van der Waals surface area (Å²) < 4.78 is 13.0. The molecule has 1 atom stereocenters. The summed E-state index contributed by atoms with van der Waals surface area (Å²) in [6.07, 6.45) is 2.39. The Bertz CT molecular complexity index is 864. The number of hydrogen-bond acceptors (Lipinski definition) is 4. The Morgan fingerprint density at radius 1 is 1.21 bits per heavy atom. The third-order valence-electron chi connectivity index (χ3n) is 4.06. The van der Waals surface area contributed by atoms with Crippen LogP contribution in [0.5, 0.6) is 5.75 Å². The van der Waals surface area contributed by atoms with Crippen LogP contribution >= 0.6 is 0 Å². The van der Waals surface area contributed by atoms with Gasteiger partial charge in [-0.15, -0.1) is 0 Å². The molecule has 0 fully saturated rings. The van der Waals surface area contributed by atoms with Crippen LogP contribution in [0.3, 0.4) is 0 Å². The van der Waals surface area contributed by atoms with Crippen LogP contribution in [-0.4, -0.2) is 34.8 Å². The van der Waals surface area contributed by atoms with Crippen molar-refractivity contribution in [3.63, 3.8) is 0 Å². The average Bonchev–Trinajstić information content (AvgIpc) is 2.94. The van der Waals surface area contributed by atoms with Crippen LogP contribution in [0.1, 0.15) is 30.6 Å². The molecule has 0 spiro atoms. The Hall–Kier alpha value is -2.53. The van der Waals surface area contributed by atoms with E-state index in [9.17, 15) is 9.90 Å². The number of carbonyl (C=O) groups excluding carboxylic acids is 1. The fourth-order valence-corrected chi connectivity index (χ4v) is 2.85. The fraction of sp³-hybridized carbons (Fsp3) is 0.316. The molecule has 5 heteroatoms. The van der Waals surface area contributed by atoms with Crippen molar-refractivity contribution in [1.82, 2.24) is 4.40 Å². The van der Waals surface area contributed by atoms with Gasteiger partial charge in [0, 0.05) is 17.6 Å². The summed E-state index contributed by atoms with van der Waals surface area (Å²) in [4.78, 5) is 12.4. The number of aliphatic hydroxyl groups is 1. The molecular formula is C19H21NO4. The van der Waals surface area contributed by atoms with Gasteiger partial charge >= 0.3 is 5.97 Å². The van der Waals surface area contributed by atoms with E-state index in [-0.39, 0.29) is 18.7 Å². The molecule has 5 nitrogen and oxygen atoms in total. The van der Waals surface area contributed by atoms with E-state index in [1.54, 1.807) is 6.92 Å². The second-order valence-electron chi connectivity index (χ2n) is 5.56. The lowest BCUT2D eigenvalue weighted by Crippen LogP contribution is -2.19. The molecule has 2 heterocycles. The number of carbonyl (C=O) groups is 1. The Kier molecular flexibility index (Phi) is 4.71. The summed E-state index contributed by atoms with van der Waals surface area (Å²) in [6.45, 7) is 4.06. The van der Waals surface area contributed by atoms with Gasteiger partial charge in [0.05, 0.1) is 29.8 Å². The summed E-state index contributed by atoms with van der Waals surface area (Å²) in [5.41, 5.74) is 2.24. The van der Waals surface area contributed by atoms with Gasteiger partial charge in [-0.05, 0) is 37.6 Å². The van der Waals surface area contributed by atoms with Crippen molar-refractivity contribution in [2.75, 3.05) is 13.2 Å². The van der Waals surface area contributed by atoms with Crippen LogP contribution in [0.25, 0.3) is 16.4 Å². The average molecular weight is 327 g/mol. The van der Waals surface area contributed by atoms with Crippen LogP contribution in [0.15, 0.2) is 42.6 Å². The van der Waals surface area contributed by atoms with Gasteiger partial charge in [-0.1, -0.05) is 13.0 Å². The molecule has 2 aromatic heterocycles. The first kappa shape index (κ1) is 16.3. The predicted molar refractivity (Wildman–Crippen MR) is 92.7 cm³/mol. The second kappa shape index (κ2) is 6.93. The van der Waals surface area contributed by atoms with Gasteiger partial charge in [0.1, 0.15) is 11.9 Å². The number of benzene rings is 1. The molecular weight excluding hydrogens is 306 g/mol. The minimum Gasteiger partial charge on any atom is -0.488 e. The zero-order valence-electron chi connectivity index (χ0n) is 13.9. The molecule has 3 aromatic rings. The minimum atomic E-state index is -0.327. The largest absolute Gasteiger partial charge is 0.488 e. The molecule has 0 aliphatic heterocycles. The first-order chi connectivity index (χ1) is 11.7. The molecule has 0 aliphatic carbocycles. The predicted octanol–water partition coefficient (Wildman–Crippen LogP) is 3.42. The van der Waals surface area contributed by atoms with Crippen molar-refractivity contribution in [3.8, 4) is 5.75 Å². The van der Waals surface area contributed by atoms with Gasteiger partial charge in [-0.2, -0.15) is 0 Å². The maximum Gasteiger partial charge on any atom is 0.340 e. The molecule has 126 valence electrons. The molecule has 1 aromatic carbocycles. The molecule has 0 amide bonds. The number of rotatable bonds is 6. The summed E-state index contributed by atoms with van der Waals surface area (Å²) >= 11 is 0. The maximum absolute atomic E-state index is 12.4. The Morgan fingerprint density at radius 3 is 2.75 bits per heavy atom. The molecule has 3 rings (SSSR count). The van der Waals surface area contributed by atoms with Gasteiger partial charge in [0.2, 0.25) is 0 Å². The van der Waals surface area contributed by atoms with Crippen molar-refractivity contribution in [1.29, 1.82) is 0 Å². The van der Waals surface area contributed by atoms with E-state index in [1.807, 2.05) is 53.9 Å². The maximum atomic E-state index is 12.4. The number of fused-ring (bicyclic) bond motifs is 3. The van der Waals surface area contributed by atoms with Crippen LogP contribution in [0.4, 0.5) is 0 Å². The van der Waals surface area contributed by atoms with Crippen molar-refractivity contribution < 1.29 is 19.4 Å². The highest BCUT2D eigenvalue weighted by atomic mass is 16.5. The summed E-state index contributed by atoms with van der Waals surface area (Å²) in [6, 6.07) is 11.3. The lowest BCUT2D eigenvalue weighted by atomic mass is 10.1. The van der Waals surface area contributed by atoms with Crippen LogP contribution in [0, 0.1) is 0 Å². The van der Waals surface area contributed by atoms with Gasteiger partial charge in [0.15, 0.2) is 0 Å². The molecule has 1 unspecified atom stereocenters. The smallest absolute Gasteiger partial charge is 0.340 e. The van der Waals surface area contributed by atoms with Crippen molar-refractivity contribution in [2.24, 2.45) is 0 Å². The molecule has 0 saturated carbocycles. The number of hydrogen-bond donors (Lipinski definition) is 1. The molecule has 0 bridgehead atoms. The summed E-state index contributed by atoms with van der Waals surface area (Å²) in [7, 11) is 0. The van der Waals surface area contributed by atoms with Crippen molar-refractivity contribution in [2.45, 2.75) is 26.4 Å². The quantitative estimate of drug-likeness (QED) is 0.705. The second-order valence-corrected chi connectivity index (χ2v) is 5.56. The summed E-state index contributed by atoms with van der Waals surface area (Å²) in [5, 5.41) is 10.1. The lowest BCUT2D eigenvalue weighted by molar-refractivity contribution is 0.0531. The van der Waals surface area contributed by atoms with E-state index in [4.69, 9.17) is 9.47 Å². The molecule has 1 N–H and O–H groups in total. The van der Waals surface area contributed by atoms with Gasteiger partial charge in [-0.25, -0.2) is 4.79 Å². The zero-order chi connectivity index (χ0) is 17.1. The normalized spacial score (nSPS) is 12.5. The van der Waals surface area contributed by atoms with Crippen LogP contribution in [-0.2, 0) is 4.74 Å². The molecule has 0 radical (unpaired) electrons. The third-order valence-corrected chi connectivity index (χ3v) is 4.06. The van der Waals surface area contributed by atoms with Crippen LogP contribution in [0.2, 0.25) is 0 Å². The number of pyridine rings is 1. The first-order valence-electron chi connectivity index (χ1n) is 8.17. The van der Waals surface area contributed by atoms with Crippen molar-refractivity contribution >= 4 is 22.4 Å². The Morgan fingerprint density at radius 2 is 2.04 bits per heavy atom. The SMILES string of the molecule is CCOC(=O)c1c2ccc(OC(CC)CO)cc2n2ccccc12. The van der Waals surface area contributed by atoms with E-state index in [0.717, 1.165) is 22.8 Å². The number of aromatic nitrogens is 1. The van der Waals surface area contributed by atoms with E-state index >= 15 is 0 Å². The zero-order valence-corrected chi connectivity index (χ0v) is 13.9. The highest BCUT2D eigenvalue weighted by Gasteiger charge is 2.19. The van der Waals surface area contributed by atoms with Gasteiger partial charge in [0.25, 0.3) is 0 Å². The first-order valence-corrected chi connectivity index (χ1v) is 8.17. The van der Waals surface area contributed by atoms with E-state index in [1.165, 1.54) is 0 Å². The van der Waals surface area contributed by atoms with Gasteiger partial charge < -0.3 is 19.0 Å². The molecule has 24 heavy (non-hydrogen) atoms. The topological polar surface area (TPSA) is 60.2 Å².